The number of benzene rings is 1. The molecule has 2 amide bonds. The van der Waals surface area contributed by atoms with Gasteiger partial charge < -0.3 is 20.1 Å². The molecule has 0 saturated carbocycles. The third kappa shape index (κ3) is 4.87. The highest BCUT2D eigenvalue weighted by molar-refractivity contribution is 5.83. The number of hydrogen-bond acceptors (Lipinski definition) is 4. The molecule has 2 N–H and O–H groups in total. The minimum absolute atomic E-state index is 0.0431. The van der Waals surface area contributed by atoms with Crippen LogP contribution in [0.15, 0.2) is 18.2 Å². The van der Waals surface area contributed by atoms with Crippen molar-refractivity contribution in [3.05, 3.63) is 23.8 Å². The van der Waals surface area contributed by atoms with Gasteiger partial charge in [0.05, 0.1) is 13.0 Å². The number of carbonyl (C=O) groups excluding carboxylic acids is 2. The molecule has 1 saturated heterocycles. The monoisotopic (exact) mass is 348 g/mol. The highest BCUT2D eigenvalue weighted by Crippen LogP contribution is 2.26. The summed E-state index contributed by atoms with van der Waals surface area (Å²) < 4.78 is 5.07. The molecule has 138 valence electrons. The Morgan fingerprint density at radius 2 is 2.08 bits per heavy atom. The van der Waals surface area contributed by atoms with Crippen molar-refractivity contribution in [2.24, 2.45) is 11.3 Å². The van der Waals surface area contributed by atoms with E-state index in [0.717, 1.165) is 24.9 Å². The van der Waals surface area contributed by atoms with Gasteiger partial charge in [0.15, 0.2) is 11.5 Å². The van der Waals surface area contributed by atoms with Crippen LogP contribution >= 0.6 is 0 Å². The molecule has 1 aliphatic heterocycles. The normalized spacial score (nSPS) is 17.9. The lowest BCUT2D eigenvalue weighted by Gasteiger charge is -2.35. The highest BCUT2D eigenvalue weighted by Gasteiger charge is 2.33. The lowest BCUT2D eigenvalue weighted by atomic mass is 9.91. The lowest BCUT2D eigenvalue weighted by molar-refractivity contribution is -0.142. The average molecular weight is 348 g/mol. The van der Waals surface area contributed by atoms with Gasteiger partial charge in [0.2, 0.25) is 11.8 Å². The van der Waals surface area contributed by atoms with E-state index < -0.39 is 5.41 Å². The minimum atomic E-state index is -0.430. The van der Waals surface area contributed by atoms with Crippen LogP contribution < -0.4 is 10.1 Å². The van der Waals surface area contributed by atoms with E-state index in [0.29, 0.717) is 18.8 Å². The Morgan fingerprint density at radius 3 is 2.72 bits per heavy atom. The van der Waals surface area contributed by atoms with Crippen molar-refractivity contribution in [1.29, 1.82) is 0 Å². The molecule has 1 heterocycles. The van der Waals surface area contributed by atoms with Crippen molar-refractivity contribution >= 4 is 11.8 Å². The van der Waals surface area contributed by atoms with Crippen LogP contribution in [0.5, 0.6) is 11.5 Å². The van der Waals surface area contributed by atoms with Gasteiger partial charge >= 0.3 is 0 Å². The molecular weight excluding hydrogens is 320 g/mol. The molecule has 0 aromatic heterocycles. The number of carbonyl (C=O) groups is 2. The fourth-order valence-electron chi connectivity index (χ4n) is 3.02. The quantitative estimate of drug-likeness (QED) is 0.875. The third-order valence-electron chi connectivity index (χ3n) is 4.43. The smallest absolute Gasteiger partial charge is 0.227 e. The van der Waals surface area contributed by atoms with Crippen LogP contribution in [-0.4, -0.2) is 42.0 Å². The molecule has 1 aliphatic rings. The molecule has 1 aromatic rings. The Hall–Kier alpha value is -2.24. The minimum Gasteiger partial charge on any atom is -0.504 e. The third-order valence-corrected chi connectivity index (χ3v) is 4.43. The number of rotatable bonds is 4. The molecule has 1 fully saturated rings. The van der Waals surface area contributed by atoms with Gasteiger partial charge in [0.1, 0.15) is 0 Å². The number of nitrogens with one attached hydrogen (secondary N) is 1. The number of nitrogens with zero attached hydrogens (tertiary/aromatic N) is 1. The van der Waals surface area contributed by atoms with Gasteiger partial charge in [-0.3, -0.25) is 9.59 Å². The summed E-state index contributed by atoms with van der Waals surface area (Å²) in [6, 6.07) is 4.99. The number of methoxy groups -OCH3 is 1. The first kappa shape index (κ1) is 19.1. The fourth-order valence-corrected chi connectivity index (χ4v) is 3.02. The summed E-state index contributed by atoms with van der Waals surface area (Å²) in [6.45, 7) is 7.25. The van der Waals surface area contributed by atoms with Crippen LogP contribution in [0.4, 0.5) is 0 Å². The molecular formula is C19H28N2O4. The first-order valence-corrected chi connectivity index (χ1v) is 8.65. The Bertz CT molecular complexity index is 637. The van der Waals surface area contributed by atoms with Crippen molar-refractivity contribution in [3.63, 3.8) is 0 Å². The molecule has 0 spiro atoms. The second kappa shape index (κ2) is 7.76. The van der Waals surface area contributed by atoms with Crippen molar-refractivity contribution in [3.8, 4) is 11.5 Å². The standard InChI is InChI=1S/C19H28N2O4/c1-19(2,3)18(24)21-9-5-6-14(12-21)17(23)20-11-13-7-8-15(22)16(10-13)25-4/h7-8,10,14,22H,5-6,9,11-12H2,1-4H3,(H,20,23)/t14-/m0/s1. The maximum atomic E-state index is 12.5. The van der Waals surface area contributed by atoms with Gasteiger partial charge in [-0.2, -0.15) is 0 Å². The maximum Gasteiger partial charge on any atom is 0.227 e. The summed E-state index contributed by atoms with van der Waals surface area (Å²) >= 11 is 0. The molecule has 1 aromatic carbocycles. The van der Waals surface area contributed by atoms with Gasteiger partial charge in [0.25, 0.3) is 0 Å². The Balaban J connectivity index is 1.93. The van der Waals surface area contributed by atoms with E-state index in [1.807, 2.05) is 20.8 Å². The Labute approximate surface area is 149 Å². The number of amides is 2. The lowest BCUT2D eigenvalue weighted by Crippen LogP contribution is -2.48. The van der Waals surface area contributed by atoms with Crippen molar-refractivity contribution < 1.29 is 19.4 Å². The fraction of sp³-hybridized carbons (Fsp3) is 0.579. The van der Waals surface area contributed by atoms with E-state index in [9.17, 15) is 14.7 Å². The predicted molar refractivity (Wildman–Crippen MR) is 95.3 cm³/mol. The van der Waals surface area contributed by atoms with E-state index in [-0.39, 0.29) is 23.5 Å². The zero-order valence-corrected chi connectivity index (χ0v) is 15.5. The topological polar surface area (TPSA) is 78.9 Å². The Kier molecular flexibility index (Phi) is 5.93. The number of aromatic hydroxyl groups is 1. The van der Waals surface area contributed by atoms with Gasteiger partial charge in [-0.1, -0.05) is 26.8 Å². The van der Waals surface area contributed by atoms with E-state index in [2.05, 4.69) is 5.32 Å². The van der Waals surface area contributed by atoms with Crippen molar-refractivity contribution in [2.45, 2.75) is 40.2 Å². The number of piperidine rings is 1. The summed E-state index contributed by atoms with van der Waals surface area (Å²) in [5, 5.41) is 12.5. The zero-order chi connectivity index (χ0) is 18.6. The van der Waals surface area contributed by atoms with Gasteiger partial charge in [-0.15, -0.1) is 0 Å². The van der Waals surface area contributed by atoms with Gasteiger partial charge in [-0.05, 0) is 30.5 Å². The molecule has 6 heteroatoms. The number of phenols is 1. The summed E-state index contributed by atoms with van der Waals surface area (Å²) in [6.07, 6.45) is 1.63. The summed E-state index contributed by atoms with van der Waals surface area (Å²) in [4.78, 5) is 26.7. The molecule has 0 bridgehead atoms. The molecule has 0 radical (unpaired) electrons. The van der Waals surface area contributed by atoms with Crippen LogP contribution in [0.2, 0.25) is 0 Å². The van der Waals surface area contributed by atoms with Crippen LogP contribution in [0, 0.1) is 11.3 Å². The highest BCUT2D eigenvalue weighted by atomic mass is 16.5. The van der Waals surface area contributed by atoms with E-state index in [4.69, 9.17) is 4.74 Å². The zero-order valence-electron chi connectivity index (χ0n) is 15.5. The average Bonchev–Trinajstić information content (AvgIpc) is 2.59. The Morgan fingerprint density at radius 1 is 1.36 bits per heavy atom. The van der Waals surface area contributed by atoms with Gasteiger partial charge in [-0.25, -0.2) is 0 Å². The number of phenolic OH excluding ortho intramolecular Hbond substituents is 1. The predicted octanol–water partition coefficient (Wildman–Crippen LogP) is 2.30. The van der Waals surface area contributed by atoms with Crippen molar-refractivity contribution in [2.75, 3.05) is 20.2 Å². The molecule has 0 aliphatic carbocycles. The van der Waals surface area contributed by atoms with E-state index >= 15 is 0 Å². The second-order valence-electron chi connectivity index (χ2n) is 7.56. The number of ether oxygens (including phenoxy) is 1. The van der Waals surface area contributed by atoms with Crippen LogP contribution in [0.3, 0.4) is 0 Å². The number of hydrogen-bond donors (Lipinski definition) is 2. The molecule has 1 atom stereocenters. The van der Waals surface area contributed by atoms with Crippen LogP contribution in [0.1, 0.15) is 39.2 Å². The van der Waals surface area contributed by atoms with Crippen LogP contribution in [-0.2, 0) is 16.1 Å². The van der Waals surface area contributed by atoms with Crippen LogP contribution in [0.25, 0.3) is 0 Å². The first-order chi connectivity index (χ1) is 11.7. The van der Waals surface area contributed by atoms with Gasteiger partial charge in [0, 0.05) is 25.0 Å². The molecule has 2 rings (SSSR count). The summed E-state index contributed by atoms with van der Waals surface area (Å²) in [5.74, 6) is 0.318. The molecule has 6 nitrogen and oxygen atoms in total. The SMILES string of the molecule is COc1cc(CNC(=O)[C@H]2CCCN(C(=O)C(C)(C)C)C2)ccc1O. The molecule has 0 unspecified atom stereocenters. The largest absolute Gasteiger partial charge is 0.504 e. The maximum absolute atomic E-state index is 12.5. The second-order valence-corrected chi connectivity index (χ2v) is 7.56. The van der Waals surface area contributed by atoms with E-state index in [1.165, 1.54) is 7.11 Å². The summed E-state index contributed by atoms with van der Waals surface area (Å²) in [7, 11) is 1.49. The van der Waals surface area contributed by atoms with Crippen molar-refractivity contribution in [1.82, 2.24) is 10.2 Å². The van der Waals surface area contributed by atoms with E-state index in [1.54, 1.807) is 23.1 Å². The molecule has 25 heavy (non-hydrogen) atoms. The summed E-state index contributed by atoms with van der Waals surface area (Å²) in [5.41, 5.74) is 0.419. The first-order valence-electron chi connectivity index (χ1n) is 8.65. The number of likely N-dealkylation sites (tertiary alicyclic amines) is 1.